The third kappa shape index (κ3) is 55.9. The Hall–Kier alpha value is -2.42. The first-order valence-electron chi connectivity index (χ1n) is 18.7. The number of ether oxygens (including phenoxy) is 1. The molecule has 0 rings (SSSR count). The van der Waals surface area contributed by atoms with E-state index < -0.39 is 11.9 Å². The van der Waals surface area contributed by atoms with Crippen molar-refractivity contribution in [3.63, 3.8) is 0 Å². The maximum atomic E-state index is 10.3. The smallest absolute Gasteiger partial charge is 0.303 e. The van der Waals surface area contributed by atoms with E-state index in [-0.39, 0.29) is 17.7 Å². The maximum Gasteiger partial charge on any atom is 0.303 e. The van der Waals surface area contributed by atoms with Crippen LogP contribution in [0, 0.1) is 0 Å². The highest BCUT2D eigenvalue weighted by molar-refractivity contribution is 5.66. The van der Waals surface area contributed by atoms with Crippen molar-refractivity contribution < 1.29 is 40.2 Å². The summed E-state index contributed by atoms with van der Waals surface area (Å²) in [7, 11) is 0. The van der Waals surface area contributed by atoms with Crippen molar-refractivity contribution in [1.82, 2.24) is 0 Å². The van der Waals surface area contributed by atoms with Crippen molar-refractivity contribution in [2.24, 2.45) is 0 Å². The summed E-state index contributed by atoms with van der Waals surface area (Å²) in [5.74, 6) is -1.38. The number of rotatable bonds is 32. The average Bonchev–Trinajstić information content (AvgIpc) is 3.04. The summed E-state index contributed by atoms with van der Waals surface area (Å²) >= 11 is 0. The first kappa shape index (κ1) is 52.4. The van der Waals surface area contributed by atoms with Crippen LogP contribution in [0.4, 0.5) is 0 Å². The highest BCUT2D eigenvalue weighted by atomic mass is 16.5. The molecule has 0 aromatic carbocycles. The van der Waals surface area contributed by atoms with E-state index in [2.05, 4.69) is 56.0 Å². The molecule has 0 spiro atoms. The minimum Gasteiger partial charge on any atom is -0.481 e. The van der Waals surface area contributed by atoms with Gasteiger partial charge in [-0.05, 0) is 64.2 Å². The normalized spacial score (nSPS) is 11.8. The Morgan fingerprint density at radius 1 is 0.542 bits per heavy atom. The van der Waals surface area contributed by atoms with Gasteiger partial charge < -0.3 is 30.6 Å². The highest BCUT2D eigenvalue weighted by Gasteiger charge is 2.02. The molecule has 0 heterocycles. The second kappa shape index (κ2) is 46.7. The van der Waals surface area contributed by atoms with Gasteiger partial charge in [-0.15, -0.1) is 0 Å². The van der Waals surface area contributed by atoms with Crippen LogP contribution in [-0.2, 0) is 14.3 Å². The van der Waals surface area contributed by atoms with Crippen LogP contribution in [0.5, 0.6) is 0 Å². The first-order chi connectivity index (χ1) is 22.7. The molecule has 0 amide bonds. The minimum atomic E-state index is -0.689. The number of carbonyl (C=O) groups is 2. The summed E-state index contributed by atoms with van der Waals surface area (Å²) in [6, 6.07) is 0. The third-order valence-electron chi connectivity index (χ3n) is 7.65. The molecule has 0 aliphatic rings. The van der Waals surface area contributed by atoms with Gasteiger partial charge in [0.05, 0.1) is 24.7 Å². The lowest BCUT2D eigenvalue weighted by Crippen LogP contribution is -2.04. The number of carboxylic acid groups (broad SMARTS) is 2. The largest absolute Gasteiger partial charge is 0.481 e. The Morgan fingerprint density at radius 2 is 0.875 bits per heavy atom. The van der Waals surface area contributed by atoms with E-state index >= 15 is 0 Å². The summed E-state index contributed by atoms with van der Waals surface area (Å²) in [6.07, 6.45) is 37.3. The fraction of sp³-hybridized carbons (Fsp3) is 0.750. The van der Waals surface area contributed by atoms with Crippen LogP contribution in [-0.4, -0.2) is 50.0 Å². The molecule has 0 bridgehead atoms. The van der Waals surface area contributed by atoms with Crippen molar-refractivity contribution in [3.05, 3.63) is 50.0 Å². The van der Waals surface area contributed by atoms with Crippen LogP contribution in [0.2, 0.25) is 0 Å². The predicted molar refractivity (Wildman–Crippen MR) is 202 cm³/mol. The number of carboxylic acids is 2. The second-order valence-corrected chi connectivity index (χ2v) is 12.3. The molecule has 6 N–H and O–H groups in total. The van der Waals surface area contributed by atoms with E-state index in [4.69, 9.17) is 10.2 Å². The topological polar surface area (TPSA) is 156 Å². The molecule has 0 saturated heterocycles. The minimum absolute atomic E-state index is 0. The van der Waals surface area contributed by atoms with E-state index in [0.717, 1.165) is 103 Å². The van der Waals surface area contributed by atoms with E-state index in [0.29, 0.717) is 12.8 Å². The zero-order chi connectivity index (χ0) is 35.6. The van der Waals surface area contributed by atoms with Gasteiger partial charge in [-0.25, -0.2) is 0 Å². The number of allylic oxidation sites excluding steroid dienone is 2. The molecule has 0 aliphatic carbocycles. The first-order valence-corrected chi connectivity index (χ1v) is 18.7. The number of aliphatic hydroxyl groups is 2. The van der Waals surface area contributed by atoms with Crippen molar-refractivity contribution >= 4 is 11.9 Å². The van der Waals surface area contributed by atoms with Gasteiger partial charge in [0, 0.05) is 12.8 Å². The highest BCUT2D eigenvalue weighted by Crippen LogP contribution is 2.12. The van der Waals surface area contributed by atoms with Crippen LogP contribution in [0.25, 0.3) is 0 Å². The van der Waals surface area contributed by atoms with Crippen molar-refractivity contribution in [1.29, 1.82) is 0 Å². The molecule has 0 aromatic rings. The van der Waals surface area contributed by atoms with Gasteiger partial charge in [0.1, 0.15) is 0 Å². The van der Waals surface area contributed by atoms with Gasteiger partial charge in [0.25, 0.3) is 0 Å². The fourth-order valence-electron chi connectivity index (χ4n) is 4.80. The van der Waals surface area contributed by atoms with Crippen molar-refractivity contribution in [2.75, 3.05) is 0 Å². The Labute approximate surface area is 294 Å². The fourth-order valence-corrected chi connectivity index (χ4v) is 4.80. The van der Waals surface area contributed by atoms with Crippen LogP contribution in [0.15, 0.2) is 50.0 Å². The molecule has 0 aromatic heterocycles. The summed E-state index contributed by atoms with van der Waals surface area (Å²) in [4.78, 5) is 20.7. The molecule has 48 heavy (non-hydrogen) atoms. The van der Waals surface area contributed by atoms with Crippen molar-refractivity contribution in [2.45, 2.75) is 193 Å². The van der Waals surface area contributed by atoms with Gasteiger partial charge in [0.2, 0.25) is 0 Å². The lowest BCUT2D eigenvalue weighted by molar-refractivity contribution is -0.138. The Morgan fingerprint density at radius 3 is 1.19 bits per heavy atom. The zero-order valence-electron chi connectivity index (χ0n) is 30.9. The molecule has 0 fully saturated rings. The molecule has 2 unspecified atom stereocenters. The SMILES string of the molecule is C=COC=C.CCCCCCC(O)C/C=C\CCCCCCCC(=O)O.CCCCCCC(O)C/C=C\CCCCCCCC(=O)O.O. The van der Waals surface area contributed by atoms with E-state index in [1.807, 2.05) is 0 Å². The van der Waals surface area contributed by atoms with E-state index in [1.54, 1.807) is 0 Å². The van der Waals surface area contributed by atoms with Gasteiger partial charge in [-0.1, -0.05) is 141 Å². The van der Waals surface area contributed by atoms with E-state index in [1.165, 1.54) is 63.9 Å². The standard InChI is InChI=1S/2C18H34O3.C4H6O.H2O/c2*1-2-3-4-11-14-17(19)15-12-9-7-5-6-8-10-13-16-18(20)21;1-3-5-4-2;/h2*9,12,17,19H,2-8,10-11,13-16H2,1H3,(H,20,21);3-4H,1-2H2;1H2/b2*12-9-;;. The van der Waals surface area contributed by atoms with E-state index in [9.17, 15) is 19.8 Å². The predicted octanol–water partition coefficient (Wildman–Crippen LogP) is 10.6. The Kier molecular flexibility index (Phi) is 51.0. The molecular formula is C40H76O8. The number of unbranched alkanes of at least 4 members (excludes halogenated alkanes) is 16. The lowest BCUT2D eigenvalue weighted by Gasteiger charge is -2.07. The lowest BCUT2D eigenvalue weighted by atomic mass is 10.1. The maximum absolute atomic E-state index is 10.3. The molecule has 2 atom stereocenters. The summed E-state index contributed by atoms with van der Waals surface area (Å²) in [5.41, 5.74) is 0. The molecule has 0 aliphatic heterocycles. The number of aliphatic hydroxyl groups excluding tert-OH is 2. The summed E-state index contributed by atoms with van der Waals surface area (Å²) < 4.78 is 4.36. The van der Waals surface area contributed by atoms with Crippen LogP contribution < -0.4 is 0 Å². The van der Waals surface area contributed by atoms with Gasteiger partial charge in [-0.2, -0.15) is 0 Å². The number of aliphatic carboxylic acids is 2. The third-order valence-corrected chi connectivity index (χ3v) is 7.65. The van der Waals surface area contributed by atoms with Crippen LogP contribution >= 0.6 is 0 Å². The zero-order valence-corrected chi connectivity index (χ0v) is 30.9. The number of hydrogen-bond donors (Lipinski definition) is 4. The Bertz CT molecular complexity index is 675. The quantitative estimate of drug-likeness (QED) is 0.0312. The van der Waals surface area contributed by atoms with Gasteiger partial charge >= 0.3 is 11.9 Å². The molecule has 8 nitrogen and oxygen atoms in total. The van der Waals surface area contributed by atoms with Crippen LogP contribution in [0.1, 0.15) is 181 Å². The summed E-state index contributed by atoms with van der Waals surface area (Å²) in [6.45, 7) is 10.9. The molecule has 8 heteroatoms. The molecular weight excluding hydrogens is 608 g/mol. The average molecular weight is 685 g/mol. The van der Waals surface area contributed by atoms with Gasteiger partial charge in [-0.3, -0.25) is 9.59 Å². The van der Waals surface area contributed by atoms with Crippen LogP contribution in [0.3, 0.4) is 0 Å². The number of hydrogen-bond acceptors (Lipinski definition) is 5. The summed E-state index contributed by atoms with van der Waals surface area (Å²) in [5, 5.41) is 36.6. The Balaban J connectivity index is -0.000000346. The molecule has 0 saturated carbocycles. The molecule has 284 valence electrons. The monoisotopic (exact) mass is 685 g/mol. The van der Waals surface area contributed by atoms with Crippen molar-refractivity contribution in [3.8, 4) is 0 Å². The molecule has 0 radical (unpaired) electrons. The van der Waals surface area contributed by atoms with Gasteiger partial charge in [0.15, 0.2) is 0 Å². The second-order valence-electron chi connectivity index (χ2n) is 12.3.